The van der Waals surface area contributed by atoms with Crippen molar-refractivity contribution in [2.24, 2.45) is 0 Å². The summed E-state index contributed by atoms with van der Waals surface area (Å²) in [4.78, 5) is 28.0. The number of nitrogens with one attached hydrogen (secondary N) is 1. The zero-order valence-electron chi connectivity index (χ0n) is 14.1. The van der Waals surface area contributed by atoms with Gasteiger partial charge in [0.15, 0.2) is 10.9 Å². The standard InChI is InChI=1S/C18H14ClN3O4S/c1-26-16-6-5-12(9-15(16)22(24)25)17(23)21-18-20-10-14(27-18)8-11-3-2-4-13(19)7-11/h2-7,9-10H,8H2,1H3,(H,20,21,23). The monoisotopic (exact) mass is 403 g/mol. The van der Waals surface area contributed by atoms with Crippen molar-refractivity contribution in [3.05, 3.63) is 79.8 Å². The molecule has 0 spiro atoms. The van der Waals surface area contributed by atoms with Crippen molar-refractivity contribution in [3.8, 4) is 5.75 Å². The summed E-state index contributed by atoms with van der Waals surface area (Å²) in [6.45, 7) is 0. The number of nitro benzene ring substituents is 1. The molecule has 0 bridgehead atoms. The number of benzene rings is 2. The van der Waals surface area contributed by atoms with Crippen LogP contribution in [0.5, 0.6) is 5.75 Å². The van der Waals surface area contributed by atoms with Gasteiger partial charge in [-0.25, -0.2) is 4.98 Å². The first kappa shape index (κ1) is 18.8. The van der Waals surface area contributed by atoms with Crippen LogP contribution in [-0.2, 0) is 6.42 Å². The average Bonchev–Trinajstić information content (AvgIpc) is 3.07. The minimum Gasteiger partial charge on any atom is -0.490 e. The number of carbonyl (C=O) groups is 1. The third-order valence-electron chi connectivity index (χ3n) is 3.68. The van der Waals surface area contributed by atoms with Gasteiger partial charge in [0.05, 0.1) is 12.0 Å². The van der Waals surface area contributed by atoms with E-state index in [1.807, 2.05) is 18.2 Å². The number of methoxy groups -OCH3 is 1. The van der Waals surface area contributed by atoms with Gasteiger partial charge in [0.2, 0.25) is 0 Å². The van der Waals surface area contributed by atoms with E-state index in [1.165, 1.54) is 36.6 Å². The lowest BCUT2D eigenvalue weighted by Gasteiger charge is -2.05. The van der Waals surface area contributed by atoms with Crippen LogP contribution in [0.25, 0.3) is 0 Å². The average molecular weight is 404 g/mol. The van der Waals surface area contributed by atoms with E-state index in [2.05, 4.69) is 10.3 Å². The molecule has 2 aromatic carbocycles. The third-order valence-corrected chi connectivity index (χ3v) is 4.83. The highest BCUT2D eigenvalue weighted by atomic mass is 35.5. The fourth-order valence-electron chi connectivity index (χ4n) is 2.44. The van der Waals surface area contributed by atoms with Crippen LogP contribution < -0.4 is 10.1 Å². The largest absolute Gasteiger partial charge is 0.490 e. The van der Waals surface area contributed by atoms with Crippen LogP contribution in [0.4, 0.5) is 10.8 Å². The Hall–Kier alpha value is -2.97. The molecular weight excluding hydrogens is 390 g/mol. The highest BCUT2D eigenvalue weighted by Crippen LogP contribution is 2.28. The van der Waals surface area contributed by atoms with E-state index in [4.69, 9.17) is 16.3 Å². The molecule has 0 saturated heterocycles. The highest BCUT2D eigenvalue weighted by molar-refractivity contribution is 7.15. The van der Waals surface area contributed by atoms with Crippen molar-refractivity contribution in [2.45, 2.75) is 6.42 Å². The maximum Gasteiger partial charge on any atom is 0.311 e. The fraction of sp³-hybridized carbons (Fsp3) is 0.111. The van der Waals surface area contributed by atoms with Gasteiger partial charge in [0, 0.05) is 34.1 Å². The second-order valence-electron chi connectivity index (χ2n) is 5.54. The molecule has 3 aromatic rings. The highest BCUT2D eigenvalue weighted by Gasteiger charge is 2.19. The summed E-state index contributed by atoms with van der Waals surface area (Å²) in [7, 11) is 1.33. The molecule has 0 unspecified atom stereocenters. The zero-order chi connectivity index (χ0) is 19.4. The van der Waals surface area contributed by atoms with Gasteiger partial charge in [-0.15, -0.1) is 11.3 Å². The Morgan fingerprint density at radius 3 is 2.85 bits per heavy atom. The molecule has 1 aromatic heterocycles. The molecule has 0 fully saturated rings. The molecule has 0 radical (unpaired) electrons. The summed E-state index contributed by atoms with van der Waals surface area (Å²) >= 11 is 7.31. The Labute approximate surface area is 163 Å². The molecule has 1 amide bonds. The van der Waals surface area contributed by atoms with E-state index in [9.17, 15) is 14.9 Å². The number of halogens is 1. The van der Waals surface area contributed by atoms with E-state index >= 15 is 0 Å². The van der Waals surface area contributed by atoms with Gasteiger partial charge < -0.3 is 4.74 Å². The number of nitrogens with zero attached hydrogens (tertiary/aromatic N) is 2. The van der Waals surface area contributed by atoms with E-state index in [-0.39, 0.29) is 17.0 Å². The SMILES string of the molecule is COc1ccc(C(=O)Nc2ncc(Cc3cccc(Cl)c3)s2)cc1[N+](=O)[O-]. The summed E-state index contributed by atoms with van der Waals surface area (Å²) < 4.78 is 4.93. The summed E-state index contributed by atoms with van der Waals surface area (Å²) in [6, 6.07) is 11.5. The number of amides is 1. The number of carbonyl (C=O) groups excluding carboxylic acids is 1. The number of thiazole rings is 1. The Balaban J connectivity index is 1.72. The topological polar surface area (TPSA) is 94.4 Å². The van der Waals surface area contributed by atoms with Crippen LogP contribution in [0.15, 0.2) is 48.7 Å². The van der Waals surface area contributed by atoms with Gasteiger partial charge >= 0.3 is 5.69 Å². The van der Waals surface area contributed by atoms with Gasteiger partial charge in [-0.2, -0.15) is 0 Å². The first-order valence-corrected chi connectivity index (χ1v) is 8.98. The molecule has 0 atom stereocenters. The van der Waals surface area contributed by atoms with Crippen LogP contribution in [0.1, 0.15) is 20.8 Å². The quantitative estimate of drug-likeness (QED) is 0.481. The molecule has 27 heavy (non-hydrogen) atoms. The first-order valence-electron chi connectivity index (χ1n) is 7.79. The number of ether oxygens (including phenoxy) is 1. The first-order chi connectivity index (χ1) is 13.0. The molecule has 138 valence electrons. The summed E-state index contributed by atoms with van der Waals surface area (Å²) in [5.41, 5.74) is 0.912. The van der Waals surface area contributed by atoms with Gasteiger partial charge in [-0.3, -0.25) is 20.2 Å². The summed E-state index contributed by atoms with van der Waals surface area (Å²) in [6.07, 6.45) is 2.32. The number of rotatable bonds is 6. The Kier molecular flexibility index (Phi) is 5.68. The second kappa shape index (κ2) is 8.15. The van der Waals surface area contributed by atoms with Crippen molar-refractivity contribution in [3.63, 3.8) is 0 Å². The Morgan fingerprint density at radius 1 is 1.33 bits per heavy atom. The minimum absolute atomic E-state index is 0.0922. The third kappa shape index (κ3) is 4.60. The molecular formula is C18H14ClN3O4S. The van der Waals surface area contributed by atoms with E-state index < -0.39 is 10.8 Å². The maximum absolute atomic E-state index is 12.4. The zero-order valence-corrected chi connectivity index (χ0v) is 15.7. The molecule has 0 aliphatic carbocycles. The van der Waals surface area contributed by atoms with Crippen molar-refractivity contribution in [1.29, 1.82) is 0 Å². The molecule has 0 aliphatic rings. The summed E-state index contributed by atoms with van der Waals surface area (Å²) in [5.74, 6) is -0.390. The number of anilines is 1. The lowest BCUT2D eigenvalue weighted by atomic mass is 10.1. The van der Waals surface area contributed by atoms with Gasteiger partial charge in [-0.05, 0) is 29.8 Å². The molecule has 0 aliphatic heterocycles. The predicted octanol–water partition coefficient (Wildman–Crippen LogP) is 4.56. The molecule has 1 heterocycles. The lowest BCUT2D eigenvalue weighted by Crippen LogP contribution is -2.12. The molecule has 9 heteroatoms. The van der Waals surface area contributed by atoms with E-state index in [1.54, 1.807) is 12.3 Å². The van der Waals surface area contributed by atoms with Crippen molar-refractivity contribution < 1.29 is 14.5 Å². The Bertz CT molecular complexity index is 1010. The predicted molar refractivity (Wildman–Crippen MR) is 104 cm³/mol. The van der Waals surface area contributed by atoms with Crippen molar-refractivity contribution in [1.82, 2.24) is 4.98 Å². The molecule has 0 saturated carbocycles. The van der Waals surface area contributed by atoms with Gasteiger partial charge in [0.25, 0.3) is 5.91 Å². The van der Waals surface area contributed by atoms with Crippen molar-refractivity contribution in [2.75, 3.05) is 12.4 Å². The molecule has 1 N–H and O–H groups in total. The number of nitro groups is 1. The van der Waals surface area contributed by atoms with E-state index in [0.717, 1.165) is 10.4 Å². The van der Waals surface area contributed by atoms with Crippen LogP contribution in [-0.4, -0.2) is 22.9 Å². The minimum atomic E-state index is -0.595. The van der Waals surface area contributed by atoms with Crippen molar-refractivity contribution >= 4 is 39.7 Å². The fourth-order valence-corrected chi connectivity index (χ4v) is 3.49. The van der Waals surface area contributed by atoms with Crippen LogP contribution in [0, 0.1) is 10.1 Å². The van der Waals surface area contributed by atoms with Crippen LogP contribution in [0.3, 0.4) is 0 Å². The van der Waals surface area contributed by atoms with Crippen LogP contribution >= 0.6 is 22.9 Å². The number of aromatic nitrogens is 1. The maximum atomic E-state index is 12.4. The van der Waals surface area contributed by atoms with E-state index in [0.29, 0.717) is 16.6 Å². The van der Waals surface area contributed by atoms with Gasteiger partial charge in [-0.1, -0.05) is 23.7 Å². The second-order valence-corrected chi connectivity index (χ2v) is 7.09. The van der Waals surface area contributed by atoms with Crippen LogP contribution in [0.2, 0.25) is 5.02 Å². The lowest BCUT2D eigenvalue weighted by molar-refractivity contribution is -0.385. The van der Waals surface area contributed by atoms with Gasteiger partial charge in [0.1, 0.15) is 0 Å². The summed E-state index contributed by atoms with van der Waals surface area (Å²) in [5, 5.41) is 14.8. The Morgan fingerprint density at radius 2 is 2.15 bits per heavy atom. The number of hydrogen-bond acceptors (Lipinski definition) is 6. The number of hydrogen-bond donors (Lipinski definition) is 1. The molecule has 3 rings (SSSR count). The smallest absolute Gasteiger partial charge is 0.311 e. The normalized spacial score (nSPS) is 10.4. The molecule has 7 nitrogen and oxygen atoms in total.